The van der Waals surface area contributed by atoms with Crippen LogP contribution in [0.25, 0.3) is 0 Å². The van der Waals surface area contributed by atoms with Gasteiger partial charge < -0.3 is 10.1 Å². The van der Waals surface area contributed by atoms with Crippen LogP contribution in [0.15, 0.2) is 18.2 Å². The summed E-state index contributed by atoms with van der Waals surface area (Å²) in [7, 11) is 1.64. The van der Waals surface area contributed by atoms with Gasteiger partial charge in [0.25, 0.3) is 0 Å². The third-order valence-corrected chi connectivity index (χ3v) is 2.82. The fraction of sp³-hybridized carbons (Fsp3) is 0.571. The predicted octanol–water partition coefficient (Wildman–Crippen LogP) is 3.75. The maximum absolute atomic E-state index is 13.1. The Labute approximate surface area is 116 Å². The van der Waals surface area contributed by atoms with E-state index in [0.29, 0.717) is 24.8 Å². The molecule has 1 aromatic carbocycles. The zero-order chi connectivity index (χ0) is 15.0. The molecule has 1 N–H and O–H groups in total. The Morgan fingerprint density at radius 1 is 1.10 bits per heavy atom. The van der Waals surface area contributed by atoms with Crippen LogP contribution >= 0.6 is 0 Å². The van der Waals surface area contributed by atoms with Crippen molar-refractivity contribution in [1.29, 1.82) is 0 Å². The van der Waals surface area contributed by atoms with Crippen LogP contribution in [0.3, 0.4) is 0 Å². The Balaban J connectivity index is 2.39. The molecule has 1 aromatic rings. The highest BCUT2D eigenvalue weighted by atomic mass is 19.4. The van der Waals surface area contributed by atoms with Gasteiger partial charge in [-0.1, -0.05) is 0 Å². The Kier molecular flexibility index (Phi) is 6.95. The van der Waals surface area contributed by atoms with E-state index in [1.54, 1.807) is 7.11 Å². The second-order valence-corrected chi connectivity index (χ2v) is 4.58. The van der Waals surface area contributed by atoms with Crippen molar-refractivity contribution in [2.24, 2.45) is 0 Å². The number of benzene rings is 1. The summed E-state index contributed by atoms with van der Waals surface area (Å²) < 4.78 is 55.6. The van der Waals surface area contributed by atoms with Gasteiger partial charge in [-0.05, 0) is 49.6 Å². The summed E-state index contributed by atoms with van der Waals surface area (Å²) in [6.07, 6.45) is -1.67. The fourth-order valence-corrected chi connectivity index (χ4v) is 1.82. The van der Waals surface area contributed by atoms with Crippen LogP contribution in [0.4, 0.5) is 17.6 Å². The highest BCUT2D eigenvalue weighted by Gasteiger charge is 2.31. The van der Waals surface area contributed by atoms with E-state index in [0.717, 1.165) is 31.4 Å². The lowest BCUT2D eigenvalue weighted by Crippen LogP contribution is -2.16. The van der Waals surface area contributed by atoms with E-state index < -0.39 is 17.6 Å². The zero-order valence-electron chi connectivity index (χ0n) is 11.4. The average Bonchev–Trinajstić information content (AvgIpc) is 2.36. The molecule has 6 heteroatoms. The van der Waals surface area contributed by atoms with Crippen molar-refractivity contribution in [3.63, 3.8) is 0 Å². The van der Waals surface area contributed by atoms with Crippen LogP contribution in [-0.2, 0) is 17.5 Å². The minimum Gasteiger partial charge on any atom is -0.385 e. The standard InChI is InChI=1S/C14H19F4NO/c1-20-6-4-2-3-5-19-10-11-7-12(14(16,17)18)9-13(15)8-11/h7-9,19H,2-6,10H2,1H3. The zero-order valence-corrected chi connectivity index (χ0v) is 11.4. The number of alkyl halides is 3. The summed E-state index contributed by atoms with van der Waals surface area (Å²) in [5, 5.41) is 3.01. The van der Waals surface area contributed by atoms with E-state index in [1.807, 2.05) is 0 Å². The molecule has 0 fully saturated rings. The molecule has 0 saturated carbocycles. The highest BCUT2D eigenvalue weighted by molar-refractivity contribution is 5.26. The number of ether oxygens (including phenoxy) is 1. The molecule has 1 rings (SSSR count). The molecule has 0 aliphatic carbocycles. The summed E-state index contributed by atoms with van der Waals surface area (Å²) in [6, 6.07) is 2.60. The largest absolute Gasteiger partial charge is 0.416 e. The molecule has 0 bridgehead atoms. The Morgan fingerprint density at radius 2 is 1.85 bits per heavy atom. The first-order valence-electron chi connectivity index (χ1n) is 6.50. The SMILES string of the molecule is COCCCCCNCc1cc(F)cc(C(F)(F)F)c1. The number of rotatable bonds is 8. The summed E-state index contributed by atoms with van der Waals surface area (Å²) in [6.45, 7) is 1.62. The maximum atomic E-state index is 13.1. The second kappa shape index (κ2) is 8.21. The summed E-state index contributed by atoms with van der Waals surface area (Å²) >= 11 is 0. The molecule has 0 saturated heterocycles. The van der Waals surface area contributed by atoms with Crippen LogP contribution in [0.2, 0.25) is 0 Å². The van der Waals surface area contributed by atoms with Crippen LogP contribution < -0.4 is 5.32 Å². The van der Waals surface area contributed by atoms with E-state index in [2.05, 4.69) is 5.32 Å². The Morgan fingerprint density at radius 3 is 2.50 bits per heavy atom. The van der Waals surface area contributed by atoms with Crippen molar-refractivity contribution >= 4 is 0 Å². The van der Waals surface area contributed by atoms with Crippen LogP contribution in [0.1, 0.15) is 30.4 Å². The first-order chi connectivity index (χ1) is 9.43. The van der Waals surface area contributed by atoms with Gasteiger partial charge in [0.2, 0.25) is 0 Å². The molecular weight excluding hydrogens is 274 g/mol. The van der Waals surface area contributed by atoms with Crippen LogP contribution in [0, 0.1) is 5.82 Å². The molecule has 0 aliphatic heterocycles. The molecule has 0 aromatic heterocycles. The molecule has 0 aliphatic rings. The normalized spacial score (nSPS) is 11.8. The van der Waals surface area contributed by atoms with Crippen molar-refractivity contribution < 1.29 is 22.3 Å². The highest BCUT2D eigenvalue weighted by Crippen LogP contribution is 2.30. The smallest absolute Gasteiger partial charge is 0.385 e. The molecule has 0 unspecified atom stereocenters. The maximum Gasteiger partial charge on any atom is 0.416 e. The molecule has 2 nitrogen and oxygen atoms in total. The van der Waals surface area contributed by atoms with Gasteiger partial charge >= 0.3 is 6.18 Å². The predicted molar refractivity (Wildman–Crippen MR) is 68.8 cm³/mol. The van der Waals surface area contributed by atoms with Gasteiger partial charge in [-0.25, -0.2) is 4.39 Å². The van der Waals surface area contributed by atoms with E-state index in [1.165, 1.54) is 0 Å². The van der Waals surface area contributed by atoms with Crippen molar-refractivity contribution in [2.75, 3.05) is 20.3 Å². The number of hydrogen-bond donors (Lipinski definition) is 1. The molecule has 20 heavy (non-hydrogen) atoms. The summed E-state index contributed by atoms with van der Waals surface area (Å²) in [5.41, 5.74) is -0.649. The van der Waals surface area contributed by atoms with Crippen molar-refractivity contribution in [2.45, 2.75) is 32.0 Å². The monoisotopic (exact) mass is 293 g/mol. The van der Waals surface area contributed by atoms with Gasteiger partial charge in [-0.2, -0.15) is 13.2 Å². The molecule has 0 spiro atoms. The molecule has 0 radical (unpaired) electrons. The molecule has 114 valence electrons. The lowest BCUT2D eigenvalue weighted by Gasteiger charge is -2.10. The number of hydrogen-bond acceptors (Lipinski definition) is 2. The van der Waals surface area contributed by atoms with Gasteiger partial charge in [0.15, 0.2) is 0 Å². The minimum atomic E-state index is -4.52. The summed E-state index contributed by atoms with van der Waals surface area (Å²) in [5.74, 6) is -0.864. The number of halogens is 4. The van der Waals surface area contributed by atoms with Gasteiger partial charge in [-0.3, -0.25) is 0 Å². The summed E-state index contributed by atoms with van der Waals surface area (Å²) in [4.78, 5) is 0. The van der Waals surface area contributed by atoms with Crippen molar-refractivity contribution in [3.05, 3.63) is 35.1 Å². The number of nitrogens with one attached hydrogen (secondary N) is 1. The third kappa shape index (κ3) is 6.34. The number of methoxy groups -OCH3 is 1. The van der Waals surface area contributed by atoms with E-state index in [4.69, 9.17) is 4.74 Å². The van der Waals surface area contributed by atoms with Crippen molar-refractivity contribution in [3.8, 4) is 0 Å². The fourth-order valence-electron chi connectivity index (χ4n) is 1.82. The topological polar surface area (TPSA) is 21.3 Å². The lowest BCUT2D eigenvalue weighted by atomic mass is 10.1. The molecule has 0 heterocycles. The Hall–Kier alpha value is -1.14. The van der Waals surface area contributed by atoms with Crippen LogP contribution in [0.5, 0.6) is 0 Å². The van der Waals surface area contributed by atoms with Gasteiger partial charge in [0.05, 0.1) is 5.56 Å². The Bertz CT molecular complexity index is 407. The minimum absolute atomic E-state index is 0.227. The number of unbranched alkanes of at least 4 members (excludes halogenated alkanes) is 2. The first-order valence-corrected chi connectivity index (χ1v) is 6.50. The van der Waals surface area contributed by atoms with Gasteiger partial charge in [0.1, 0.15) is 5.82 Å². The van der Waals surface area contributed by atoms with E-state index >= 15 is 0 Å². The van der Waals surface area contributed by atoms with Gasteiger partial charge in [-0.15, -0.1) is 0 Å². The molecule has 0 atom stereocenters. The second-order valence-electron chi connectivity index (χ2n) is 4.58. The first kappa shape index (κ1) is 16.9. The van der Waals surface area contributed by atoms with Crippen LogP contribution in [-0.4, -0.2) is 20.3 Å². The quantitative estimate of drug-likeness (QED) is 0.582. The lowest BCUT2D eigenvalue weighted by molar-refractivity contribution is -0.137. The third-order valence-electron chi connectivity index (χ3n) is 2.82. The van der Waals surface area contributed by atoms with E-state index in [9.17, 15) is 17.6 Å². The molecule has 0 amide bonds. The molecular formula is C14H19F4NO. The van der Waals surface area contributed by atoms with E-state index in [-0.39, 0.29) is 6.54 Å². The van der Waals surface area contributed by atoms with Gasteiger partial charge in [0, 0.05) is 20.3 Å². The van der Waals surface area contributed by atoms with Crippen molar-refractivity contribution in [1.82, 2.24) is 5.32 Å². The average molecular weight is 293 g/mol.